The molecule has 6 nitrogen and oxygen atoms in total. The Balaban J connectivity index is 2.40. The monoisotopic (exact) mass is 318 g/mol. The van der Waals surface area contributed by atoms with E-state index in [2.05, 4.69) is 10.6 Å². The summed E-state index contributed by atoms with van der Waals surface area (Å²) in [6.45, 7) is 3.77. The number of amides is 2. The lowest BCUT2D eigenvalue weighted by atomic mass is 10.1. The first kappa shape index (κ1) is 18.4. The van der Waals surface area contributed by atoms with Gasteiger partial charge in [-0.25, -0.2) is 0 Å². The summed E-state index contributed by atoms with van der Waals surface area (Å²) in [5, 5.41) is 5.14. The molecule has 2 N–H and O–H groups in total. The Hall–Kier alpha value is -2.63. The smallest absolute Gasteiger partial charge is 0.307 e. The first-order valence-electron chi connectivity index (χ1n) is 7.40. The third kappa shape index (κ3) is 7.26. The van der Waals surface area contributed by atoms with Crippen molar-refractivity contribution in [2.45, 2.75) is 26.4 Å². The van der Waals surface area contributed by atoms with Gasteiger partial charge in [-0.15, -0.1) is 0 Å². The first-order valence-corrected chi connectivity index (χ1v) is 7.40. The molecule has 0 aliphatic carbocycles. The first-order chi connectivity index (χ1) is 10.9. The molecule has 0 atom stereocenters. The Morgan fingerprint density at radius 3 is 2.39 bits per heavy atom. The number of ether oxygens (including phenoxy) is 1. The molecule has 23 heavy (non-hydrogen) atoms. The summed E-state index contributed by atoms with van der Waals surface area (Å²) >= 11 is 0. The predicted octanol–water partition coefficient (Wildman–Crippen LogP) is 1.52. The zero-order valence-corrected chi connectivity index (χ0v) is 13.6. The van der Waals surface area contributed by atoms with Gasteiger partial charge in [-0.2, -0.15) is 0 Å². The van der Waals surface area contributed by atoms with Gasteiger partial charge in [0.2, 0.25) is 5.91 Å². The highest BCUT2D eigenvalue weighted by atomic mass is 16.5. The second-order valence-corrected chi connectivity index (χ2v) is 5.11. The number of carbonyl (C=O) groups excluding carboxylic acids is 3. The van der Waals surface area contributed by atoms with Gasteiger partial charge in [-0.1, -0.05) is 12.1 Å². The van der Waals surface area contributed by atoms with Crippen LogP contribution in [0.5, 0.6) is 0 Å². The zero-order valence-electron chi connectivity index (χ0n) is 13.6. The summed E-state index contributed by atoms with van der Waals surface area (Å²) in [6.07, 6.45) is 2.99. The SMILES string of the molecule is CNC(=O)c1ccc(/C=C/C(=O)NCCC(=O)OC(C)C)cc1. The molecule has 124 valence electrons. The Bertz CT molecular complexity index is 577. The van der Waals surface area contributed by atoms with Crippen molar-refractivity contribution >= 4 is 23.9 Å². The van der Waals surface area contributed by atoms with Crippen molar-refractivity contribution in [1.82, 2.24) is 10.6 Å². The van der Waals surface area contributed by atoms with Crippen LogP contribution in [-0.4, -0.2) is 37.5 Å². The largest absolute Gasteiger partial charge is 0.463 e. The highest BCUT2D eigenvalue weighted by Gasteiger charge is 2.05. The van der Waals surface area contributed by atoms with E-state index in [0.717, 1.165) is 5.56 Å². The summed E-state index contributed by atoms with van der Waals surface area (Å²) in [6, 6.07) is 6.85. The van der Waals surface area contributed by atoms with E-state index in [1.165, 1.54) is 6.08 Å². The predicted molar refractivity (Wildman–Crippen MR) is 87.7 cm³/mol. The Kier molecular flexibility index (Phi) is 7.53. The van der Waals surface area contributed by atoms with Crippen molar-refractivity contribution in [2.24, 2.45) is 0 Å². The van der Waals surface area contributed by atoms with E-state index >= 15 is 0 Å². The third-order valence-electron chi connectivity index (χ3n) is 2.82. The molecule has 1 rings (SSSR count). The highest BCUT2D eigenvalue weighted by molar-refractivity contribution is 5.94. The molecule has 0 aliphatic rings. The molecule has 0 aliphatic heterocycles. The number of carbonyl (C=O) groups is 3. The molecule has 1 aromatic rings. The maximum atomic E-state index is 11.6. The average Bonchev–Trinajstić information content (AvgIpc) is 2.52. The summed E-state index contributed by atoms with van der Waals surface area (Å²) in [5.41, 5.74) is 1.35. The van der Waals surface area contributed by atoms with Crippen LogP contribution in [0.25, 0.3) is 6.08 Å². The Morgan fingerprint density at radius 1 is 1.17 bits per heavy atom. The van der Waals surface area contributed by atoms with Gasteiger partial charge < -0.3 is 15.4 Å². The average molecular weight is 318 g/mol. The van der Waals surface area contributed by atoms with Gasteiger partial charge in [-0.05, 0) is 37.6 Å². The van der Waals surface area contributed by atoms with Crippen LogP contribution in [0.4, 0.5) is 0 Å². The van der Waals surface area contributed by atoms with Crippen LogP contribution >= 0.6 is 0 Å². The molecule has 0 bridgehead atoms. The van der Waals surface area contributed by atoms with Gasteiger partial charge >= 0.3 is 5.97 Å². The number of nitrogens with one attached hydrogen (secondary N) is 2. The van der Waals surface area contributed by atoms with Crippen LogP contribution < -0.4 is 10.6 Å². The molecule has 0 heterocycles. The number of esters is 1. The van der Waals surface area contributed by atoms with Gasteiger partial charge in [0, 0.05) is 25.2 Å². The lowest BCUT2D eigenvalue weighted by Gasteiger charge is -2.07. The fourth-order valence-electron chi connectivity index (χ4n) is 1.73. The maximum Gasteiger partial charge on any atom is 0.307 e. The summed E-state index contributed by atoms with van der Waals surface area (Å²) in [5.74, 6) is -0.793. The quantitative estimate of drug-likeness (QED) is 0.590. The normalized spacial score (nSPS) is 10.6. The number of hydrogen-bond acceptors (Lipinski definition) is 4. The molecule has 0 fully saturated rings. The van der Waals surface area contributed by atoms with Gasteiger partial charge in [-0.3, -0.25) is 14.4 Å². The molecular formula is C17H22N2O4. The van der Waals surface area contributed by atoms with Gasteiger partial charge in [0.15, 0.2) is 0 Å². The van der Waals surface area contributed by atoms with Crippen molar-refractivity contribution in [3.05, 3.63) is 41.5 Å². The van der Waals surface area contributed by atoms with Crippen LogP contribution in [0.1, 0.15) is 36.2 Å². The van der Waals surface area contributed by atoms with E-state index in [-0.39, 0.29) is 36.9 Å². The van der Waals surface area contributed by atoms with Crippen LogP contribution in [-0.2, 0) is 14.3 Å². The molecule has 1 aromatic carbocycles. The van der Waals surface area contributed by atoms with Crippen LogP contribution in [0, 0.1) is 0 Å². The van der Waals surface area contributed by atoms with Gasteiger partial charge in [0.25, 0.3) is 5.91 Å². The second-order valence-electron chi connectivity index (χ2n) is 5.11. The van der Waals surface area contributed by atoms with Crippen molar-refractivity contribution in [2.75, 3.05) is 13.6 Å². The molecule has 6 heteroatoms. The third-order valence-corrected chi connectivity index (χ3v) is 2.82. The van der Waals surface area contributed by atoms with E-state index in [4.69, 9.17) is 4.74 Å². The molecule has 0 saturated heterocycles. The van der Waals surface area contributed by atoms with Crippen molar-refractivity contribution in [1.29, 1.82) is 0 Å². The van der Waals surface area contributed by atoms with Crippen LogP contribution in [0.2, 0.25) is 0 Å². The highest BCUT2D eigenvalue weighted by Crippen LogP contribution is 2.06. The van der Waals surface area contributed by atoms with E-state index in [0.29, 0.717) is 5.56 Å². The fourth-order valence-corrected chi connectivity index (χ4v) is 1.73. The summed E-state index contributed by atoms with van der Waals surface area (Å²) < 4.78 is 4.96. The molecule has 0 unspecified atom stereocenters. The fraction of sp³-hybridized carbons (Fsp3) is 0.353. The van der Waals surface area contributed by atoms with E-state index in [1.54, 1.807) is 51.2 Å². The lowest BCUT2D eigenvalue weighted by molar-refractivity contribution is -0.147. The molecule has 2 amide bonds. The van der Waals surface area contributed by atoms with Crippen molar-refractivity contribution in [3.63, 3.8) is 0 Å². The van der Waals surface area contributed by atoms with Crippen molar-refractivity contribution < 1.29 is 19.1 Å². The zero-order chi connectivity index (χ0) is 17.2. The lowest BCUT2D eigenvalue weighted by Crippen LogP contribution is -2.25. The molecule has 0 saturated carbocycles. The Labute approximate surface area is 135 Å². The maximum absolute atomic E-state index is 11.6. The molecular weight excluding hydrogens is 296 g/mol. The second kappa shape index (κ2) is 9.40. The Morgan fingerprint density at radius 2 is 1.83 bits per heavy atom. The van der Waals surface area contributed by atoms with E-state index in [9.17, 15) is 14.4 Å². The topological polar surface area (TPSA) is 84.5 Å². The standard InChI is InChI=1S/C17H22N2O4/c1-12(2)23-16(21)10-11-19-15(20)9-6-13-4-7-14(8-5-13)17(22)18-3/h4-9,12H,10-11H2,1-3H3,(H,18,22)(H,19,20)/b9-6+. The molecule has 0 radical (unpaired) electrons. The van der Waals surface area contributed by atoms with Gasteiger partial charge in [0.1, 0.15) is 0 Å². The van der Waals surface area contributed by atoms with E-state index in [1.807, 2.05) is 0 Å². The number of hydrogen-bond donors (Lipinski definition) is 2. The summed E-state index contributed by atoms with van der Waals surface area (Å²) in [7, 11) is 1.57. The van der Waals surface area contributed by atoms with E-state index < -0.39 is 0 Å². The van der Waals surface area contributed by atoms with Crippen LogP contribution in [0.15, 0.2) is 30.3 Å². The van der Waals surface area contributed by atoms with Gasteiger partial charge in [0.05, 0.1) is 12.5 Å². The van der Waals surface area contributed by atoms with Crippen molar-refractivity contribution in [3.8, 4) is 0 Å². The minimum atomic E-state index is -0.339. The molecule has 0 spiro atoms. The summed E-state index contributed by atoms with van der Waals surface area (Å²) in [4.78, 5) is 34.3. The minimum absolute atomic E-state index is 0.137. The minimum Gasteiger partial charge on any atom is -0.463 e. The number of rotatable bonds is 7. The van der Waals surface area contributed by atoms with Crippen LogP contribution in [0.3, 0.4) is 0 Å². The number of benzene rings is 1. The molecule has 0 aromatic heterocycles.